The van der Waals surface area contributed by atoms with Crippen molar-refractivity contribution in [3.8, 4) is 11.1 Å². The number of amides is 3. The number of rotatable bonds is 18. The molecule has 0 saturated heterocycles. The maximum atomic E-state index is 14.0. The van der Waals surface area contributed by atoms with Crippen molar-refractivity contribution in [2.45, 2.75) is 89.7 Å². The van der Waals surface area contributed by atoms with E-state index >= 15 is 0 Å². The summed E-state index contributed by atoms with van der Waals surface area (Å²) < 4.78 is 57.9. The topological polar surface area (TPSA) is 153 Å². The molecular weight excluding hydrogens is 814 g/mol. The van der Waals surface area contributed by atoms with Gasteiger partial charge in [0.15, 0.2) is 6.10 Å². The lowest BCUT2D eigenvalue weighted by atomic mass is 9.95. The van der Waals surface area contributed by atoms with Crippen molar-refractivity contribution in [1.82, 2.24) is 20.5 Å². The van der Waals surface area contributed by atoms with E-state index in [9.17, 15) is 37.1 Å². The van der Waals surface area contributed by atoms with Crippen LogP contribution in [0.2, 0.25) is 0 Å². The predicted octanol–water partition coefficient (Wildman–Crippen LogP) is 8.02. The summed E-state index contributed by atoms with van der Waals surface area (Å²) in [5.74, 6) is -3.94. The van der Waals surface area contributed by atoms with Crippen molar-refractivity contribution in [3.63, 3.8) is 0 Å². The highest BCUT2D eigenvalue weighted by atomic mass is 32.1. The monoisotopic (exact) mass is 864 g/mol. The van der Waals surface area contributed by atoms with Crippen molar-refractivity contribution in [3.05, 3.63) is 112 Å². The number of aromatic nitrogens is 1. The van der Waals surface area contributed by atoms with E-state index in [2.05, 4.69) is 15.6 Å². The first kappa shape index (κ1) is 46.3. The zero-order chi connectivity index (χ0) is 44.4. The van der Waals surface area contributed by atoms with E-state index in [1.54, 1.807) is 20.8 Å². The first-order chi connectivity index (χ1) is 28.9. The molecule has 1 heterocycles. The van der Waals surface area contributed by atoms with E-state index in [1.165, 1.54) is 26.5 Å². The lowest BCUT2D eigenvalue weighted by Crippen LogP contribution is -2.53. The quantitative estimate of drug-likeness (QED) is 0.0748. The van der Waals surface area contributed by atoms with Gasteiger partial charge in [-0.2, -0.15) is 13.2 Å². The van der Waals surface area contributed by atoms with Crippen LogP contribution in [-0.2, 0) is 35.0 Å². The summed E-state index contributed by atoms with van der Waals surface area (Å²) in [6.07, 6.45) is -8.16. The number of likely N-dealkylation sites (N-methyl/N-ethyl adjacent to an activating group) is 1. The number of ether oxygens (including phenoxy) is 3. The predicted molar refractivity (Wildman–Crippen MR) is 222 cm³/mol. The molecule has 1 aliphatic rings. The number of nitrogens with one attached hydrogen (secondary N) is 2. The number of methoxy groups -OCH3 is 1. The summed E-state index contributed by atoms with van der Waals surface area (Å²) in [5.41, 5.74) is 4.71. The number of halogens is 3. The summed E-state index contributed by atoms with van der Waals surface area (Å²) in [7, 11) is 2.62. The molecule has 0 saturated carbocycles. The van der Waals surface area contributed by atoms with E-state index in [0.717, 1.165) is 44.1 Å². The van der Waals surface area contributed by atoms with Gasteiger partial charge in [-0.1, -0.05) is 99.6 Å². The fourth-order valence-corrected chi connectivity index (χ4v) is 8.57. The Balaban J connectivity index is 1.29. The van der Waals surface area contributed by atoms with E-state index in [0.29, 0.717) is 6.42 Å². The maximum absolute atomic E-state index is 14.0. The van der Waals surface area contributed by atoms with Crippen LogP contribution in [0.25, 0.3) is 11.1 Å². The summed E-state index contributed by atoms with van der Waals surface area (Å²) >= 11 is 1.04. The van der Waals surface area contributed by atoms with E-state index in [-0.39, 0.29) is 42.0 Å². The lowest BCUT2D eigenvalue weighted by Gasteiger charge is -2.35. The first-order valence-electron chi connectivity index (χ1n) is 20.0. The van der Waals surface area contributed by atoms with Gasteiger partial charge in [0.1, 0.15) is 23.4 Å². The molecule has 0 spiro atoms. The molecule has 1 aliphatic carbocycles. The highest BCUT2D eigenvalue weighted by molar-refractivity contribution is 7.09. The van der Waals surface area contributed by atoms with Gasteiger partial charge in [0.2, 0.25) is 5.91 Å². The SMILES string of the molecule is COC(=O)[C@@H](C)C[C@@H](Cc1ccccc1)NC(=O)c1csc([C@@H](C[C@@H](C(C)C)N(C)C(=O)[C@H](CC(F)(F)F)NC(=O)OCC2c3ccccc3-c3ccccc32)OC(C)=O)n1. The molecule has 12 nitrogen and oxygen atoms in total. The van der Waals surface area contributed by atoms with Gasteiger partial charge in [-0.05, 0) is 46.6 Å². The second-order valence-corrected chi connectivity index (χ2v) is 16.4. The number of thiazole rings is 1. The highest BCUT2D eigenvalue weighted by Gasteiger charge is 2.41. The molecule has 5 rings (SSSR count). The van der Waals surface area contributed by atoms with Crippen LogP contribution in [0.3, 0.4) is 0 Å². The standard InChI is InChI=1S/C45H51F3N4O8S/c1-26(2)38(22-39(60-28(4)53)41-50-37(25-61-41)40(54)49-30(20-27(3)43(56)58-6)21-29-14-8-7-9-15-29)52(5)42(55)36(23-45(46,47)48)51-44(57)59-24-35-33-18-12-10-16-31(33)32-17-11-13-19-34(32)35/h7-19,25-27,30,35-36,38-39H,20-24H2,1-6H3,(H,49,54)(H,51,57)/t27-,30-,36-,38-,39+/m0/s1. The normalized spacial score (nSPS) is 14.7. The molecule has 3 amide bonds. The Labute approximate surface area is 357 Å². The molecule has 326 valence electrons. The smallest absolute Gasteiger partial charge is 0.407 e. The molecule has 0 radical (unpaired) electrons. The van der Waals surface area contributed by atoms with Gasteiger partial charge < -0.3 is 29.7 Å². The van der Waals surface area contributed by atoms with Crippen LogP contribution in [0, 0.1) is 11.8 Å². The zero-order valence-corrected chi connectivity index (χ0v) is 35.7. The van der Waals surface area contributed by atoms with E-state index < -0.39 is 72.6 Å². The first-order valence-corrected chi connectivity index (χ1v) is 20.8. The van der Waals surface area contributed by atoms with E-state index in [4.69, 9.17) is 14.2 Å². The van der Waals surface area contributed by atoms with Crippen LogP contribution in [0.15, 0.2) is 84.2 Å². The number of fused-ring (bicyclic) bond motifs is 3. The second kappa shape index (κ2) is 20.7. The average Bonchev–Trinajstić information content (AvgIpc) is 3.84. The zero-order valence-electron chi connectivity index (χ0n) is 34.9. The largest absolute Gasteiger partial charge is 0.469 e. The van der Waals surface area contributed by atoms with Gasteiger partial charge >= 0.3 is 24.2 Å². The highest BCUT2D eigenvalue weighted by Crippen LogP contribution is 2.44. The number of hydrogen-bond acceptors (Lipinski definition) is 10. The third-order valence-corrected chi connectivity index (χ3v) is 11.6. The number of benzene rings is 3. The van der Waals surface area contributed by atoms with Gasteiger partial charge in [0, 0.05) is 43.8 Å². The van der Waals surface area contributed by atoms with Crippen LogP contribution in [0.5, 0.6) is 0 Å². The van der Waals surface area contributed by atoms with Gasteiger partial charge in [0.25, 0.3) is 5.91 Å². The van der Waals surface area contributed by atoms with E-state index in [1.807, 2.05) is 78.9 Å². The molecule has 0 unspecified atom stereocenters. The Bertz CT molecular complexity index is 2120. The van der Waals surface area contributed by atoms with Crippen LogP contribution < -0.4 is 10.6 Å². The number of esters is 2. The molecule has 0 fully saturated rings. The number of alkyl carbamates (subject to hydrolysis) is 1. The Morgan fingerprint density at radius 2 is 1.48 bits per heavy atom. The van der Waals surface area contributed by atoms with Gasteiger partial charge in [-0.15, -0.1) is 11.3 Å². The second-order valence-electron chi connectivity index (χ2n) is 15.5. The summed E-state index contributed by atoms with van der Waals surface area (Å²) in [4.78, 5) is 70.9. The summed E-state index contributed by atoms with van der Waals surface area (Å²) in [6.45, 7) is 6.22. The maximum Gasteiger partial charge on any atom is 0.407 e. The third kappa shape index (κ3) is 12.4. The Kier molecular flexibility index (Phi) is 15.7. The molecule has 2 N–H and O–H groups in total. The van der Waals surface area contributed by atoms with Gasteiger partial charge in [0.05, 0.1) is 19.4 Å². The minimum absolute atomic E-state index is 0.0176. The Morgan fingerprint density at radius 1 is 0.869 bits per heavy atom. The molecule has 1 aromatic heterocycles. The molecule has 16 heteroatoms. The lowest BCUT2D eigenvalue weighted by molar-refractivity contribution is -0.156. The van der Waals surface area contributed by atoms with Crippen molar-refractivity contribution < 1.29 is 51.4 Å². The Hall–Kier alpha value is -5.77. The van der Waals surface area contributed by atoms with Gasteiger partial charge in [-0.25, -0.2) is 9.78 Å². The number of alkyl halides is 3. The van der Waals surface area contributed by atoms with Crippen molar-refractivity contribution >= 4 is 41.2 Å². The third-order valence-electron chi connectivity index (χ3n) is 10.7. The Morgan fingerprint density at radius 3 is 2.05 bits per heavy atom. The summed E-state index contributed by atoms with van der Waals surface area (Å²) in [5, 5.41) is 6.83. The van der Waals surface area contributed by atoms with Crippen LogP contribution >= 0.6 is 11.3 Å². The van der Waals surface area contributed by atoms with Crippen LogP contribution in [0.4, 0.5) is 18.0 Å². The van der Waals surface area contributed by atoms with Crippen molar-refractivity contribution in [2.24, 2.45) is 11.8 Å². The molecule has 0 aliphatic heterocycles. The molecule has 3 aromatic carbocycles. The number of nitrogens with zero attached hydrogens (tertiary/aromatic N) is 2. The van der Waals surface area contributed by atoms with Crippen LogP contribution in [0.1, 0.15) is 91.2 Å². The molecule has 5 atom stereocenters. The molecule has 61 heavy (non-hydrogen) atoms. The fraction of sp³-hybridized carbons (Fsp3) is 0.422. The minimum atomic E-state index is -4.83. The van der Waals surface area contributed by atoms with Crippen molar-refractivity contribution in [2.75, 3.05) is 20.8 Å². The van der Waals surface area contributed by atoms with Gasteiger partial charge in [-0.3, -0.25) is 19.2 Å². The molecular formula is C45H51F3N4O8S. The number of carbonyl (C=O) groups is 5. The summed E-state index contributed by atoms with van der Waals surface area (Å²) in [6, 6.07) is 21.3. The van der Waals surface area contributed by atoms with Crippen molar-refractivity contribution in [1.29, 1.82) is 0 Å². The average molecular weight is 865 g/mol. The molecule has 0 bridgehead atoms. The number of carbonyl (C=O) groups excluding carboxylic acids is 5. The van der Waals surface area contributed by atoms with Crippen LogP contribution in [-0.4, -0.2) is 84.8 Å². The number of hydrogen-bond donors (Lipinski definition) is 2. The molecule has 4 aromatic rings. The fourth-order valence-electron chi connectivity index (χ4n) is 7.73. The minimum Gasteiger partial charge on any atom is -0.469 e.